The van der Waals surface area contributed by atoms with Crippen LogP contribution in [0.15, 0.2) is 42.5 Å². The third-order valence-electron chi connectivity index (χ3n) is 5.09. The summed E-state index contributed by atoms with van der Waals surface area (Å²) in [7, 11) is 0. The van der Waals surface area contributed by atoms with Crippen LogP contribution in [0.4, 0.5) is 11.4 Å². The number of carboxylic acid groups (broad SMARTS) is 1. The molecule has 0 spiro atoms. The average Bonchev–Trinajstić information content (AvgIpc) is 2.76. The standard InChI is InChI=1S/C14H11Cl2NO2.C12H26O.Na/c15-10-5-3-6-11(16)14(10)17-12-7-2-1-4-9(12)8-13(18)19;1-2-3-4-5-6-7-8-9-10-11-12-13;/h1-7,17H,8H2,(H,18,19);13H,2-12H2,1H3;/q;;+1/p-1. The van der Waals surface area contributed by atoms with E-state index in [0.29, 0.717) is 33.6 Å². The van der Waals surface area contributed by atoms with Crippen LogP contribution in [-0.4, -0.2) is 17.7 Å². The maximum absolute atomic E-state index is 10.7. The van der Waals surface area contributed by atoms with Gasteiger partial charge in [-0.15, -0.1) is 0 Å². The topological polar surface area (TPSA) is 72.4 Å². The van der Waals surface area contributed by atoms with Crippen LogP contribution in [0.25, 0.3) is 0 Å². The summed E-state index contributed by atoms with van der Waals surface area (Å²) in [5.74, 6) is -1.14. The van der Waals surface area contributed by atoms with E-state index in [2.05, 4.69) is 12.2 Å². The molecule has 0 aliphatic rings. The number of carbonyl (C=O) groups excluding carboxylic acids is 1. The third kappa shape index (κ3) is 15.0. The van der Waals surface area contributed by atoms with Gasteiger partial charge in [0.15, 0.2) is 0 Å². The van der Waals surface area contributed by atoms with Crippen LogP contribution in [0, 0.1) is 0 Å². The zero-order chi connectivity index (χ0) is 23.6. The van der Waals surface area contributed by atoms with Crippen molar-refractivity contribution in [2.75, 3.05) is 11.9 Å². The molecule has 2 N–H and O–H groups in total. The molecule has 33 heavy (non-hydrogen) atoms. The molecule has 0 aromatic heterocycles. The molecule has 0 amide bonds. The molecule has 0 unspecified atom stereocenters. The number of unbranched alkanes of at least 4 members (excludes halogenated alkanes) is 9. The second kappa shape index (κ2) is 20.6. The maximum Gasteiger partial charge on any atom is 1.00 e. The summed E-state index contributed by atoms with van der Waals surface area (Å²) in [6.07, 6.45) is 13.1. The Morgan fingerprint density at radius 3 is 1.88 bits per heavy atom. The van der Waals surface area contributed by atoms with Gasteiger partial charge in [0.05, 0.1) is 15.7 Å². The molecule has 2 aromatic rings. The van der Waals surface area contributed by atoms with Gasteiger partial charge in [0, 0.05) is 24.7 Å². The van der Waals surface area contributed by atoms with Gasteiger partial charge < -0.3 is 20.3 Å². The Bertz CT molecular complexity index is 760. The van der Waals surface area contributed by atoms with Gasteiger partial charge in [-0.3, -0.25) is 0 Å². The van der Waals surface area contributed by atoms with Crippen LogP contribution in [0.1, 0.15) is 76.7 Å². The molecule has 0 saturated carbocycles. The molecular weight excluding hydrogens is 468 g/mol. The quantitative estimate of drug-likeness (QED) is 0.302. The van der Waals surface area contributed by atoms with Crippen molar-refractivity contribution in [3.8, 4) is 0 Å². The normalized spacial score (nSPS) is 10.1. The van der Waals surface area contributed by atoms with Gasteiger partial charge in [0.2, 0.25) is 0 Å². The summed E-state index contributed by atoms with van der Waals surface area (Å²) in [5, 5.41) is 23.3. The van der Waals surface area contributed by atoms with E-state index < -0.39 is 5.97 Å². The predicted molar refractivity (Wildman–Crippen MR) is 134 cm³/mol. The minimum Gasteiger partial charge on any atom is -0.550 e. The van der Waals surface area contributed by atoms with Crippen LogP contribution in [0.5, 0.6) is 0 Å². The smallest absolute Gasteiger partial charge is 0.550 e. The number of nitrogens with one attached hydrogen (secondary N) is 1. The number of aliphatic hydroxyl groups excluding tert-OH is 1. The molecule has 0 aliphatic heterocycles. The van der Waals surface area contributed by atoms with Gasteiger partial charge in [0.25, 0.3) is 0 Å². The molecular formula is C26H36Cl2NNaO3. The molecule has 2 aromatic carbocycles. The van der Waals surface area contributed by atoms with E-state index in [0.717, 1.165) is 6.42 Å². The fourth-order valence-corrected chi connectivity index (χ4v) is 3.79. The Kier molecular flexibility index (Phi) is 20.1. The summed E-state index contributed by atoms with van der Waals surface area (Å²) >= 11 is 12.1. The monoisotopic (exact) mass is 503 g/mol. The van der Waals surface area contributed by atoms with Gasteiger partial charge in [-0.05, 0) is 30.2 Å². The number of hydrogen-bond donors (Lipinski definition) is 2. The molecule has 4 nitrogen and oxygen atoms in total. The average molecular weight is 504 g/mol. The first-order chi connectivity index (χ1) is 15.5. The van der Waals surface area contributed by atoms with Crippen molar-refractivity contribution in [2.45, 2.75) is 77.6 Å². The third-order valence-corrected chi connectivity index (χ3v) is 5.72. The first-order valence-electron chi connectivity index (χ1n) is 11.6. The number of aliphatic hydroxyl groups is 1. The summed E-state index contributed by atoms with van der Waals surface area (Å²) in [5.41, 5.74) is 1.80. The second-order valence-electron chi connectivity index (χ2n) is 7.83. The zero-order valence-corrected chi connectivity index (χ0v) is 23.6. The van der Waals surface area contributed by atoms with Crippen molar-refractivity contribution in [3.63, 3.8) is 0 Å². The molecule has 0 saturated heterocycles. The van der Waals surface area contributed by atoms with Crippen molar-refractivity contribution in [1.82, 2.24) is 0 Å². The molecule has 0 radical (unpaired) electrons. The first kappa shape index (κ1) is 32.2. The second-order valence-corrected chi connectivity index (χ2v) is 8.65. The van der Waals surface area contributed by atoms with Crippen LogP contribution in [0.3, 0.4) is 0 Å². The molecule has 2 rings (SSSR count). The number of carboxylic acids is 1. The Hall–Kier alpha value is -0.750. The van der Waals surface area contributed by atoms with E-state index in [1.807, 2.05) is 0 Å². The number of aliphatic carboxylic acids is 1. The van der Waals surface area contributed by atoms with Gasteiger partial charge in [-0.1, -0.05) is 112 Å². The first-order valence-corrected chi connectivity index (χ1v) is 12.3. The van der Waals surface area contributed by atoms with Crippen molar-refractivity contribution in [1.29, 1.82) is 0 Å². The molecule has 178 valence electrons. The van der Waals surface area contributed by atoms with E-state index in [-0.39, 0.29) is 36.0 Å². The van der Waals surface area contributed by atoms with E-state index >= 15 is 0 Å². The molecule has 0 aliphatic carbocycles. The maximum atomic E-state index is 10.7. The van der Waals surface area contributed by atoms with Gasteiger partial charge in [-0.2, -0.15) is 0 Å². The van der Waals surface area contributed by atoms with Crippen molar-refractivity contribution in [3.05, 3.63) is 58.1 Å². The minimum absolute atomic E-state index is 0. The molecule has 0 bridgehead atoms. The Morgan fingerprint density at radius 1 is 0.848 bits per heavy atom. The fraction of sp³-hybridized carbons (Fsp3) is 0.500. The summed E-state index contributed by atoms with van der Waals surface area (Å²) in [6.45, 7) is 2.63. The summed E-state index contributed by atoms with van der Waals surface area (Å²) in [4.78, 5) is 10.7. The number of rotatable bonds is 14. The van der Waals surface area contributed by atoms with E-state index in [4.69, 9.17) is 28.3 Å². The van der Waals surface area contributed by atoms with Crippen molar-refractivity contribution in [2.24, 2.45) is 0 Å². The summed E-state index contributed by atoms with van der Waals surface area (Å²) in [6, 6.07) is 12.2. The molecule has 0 atom stereocenters. The van der Waals surface area contributed by atoms with Gasteiger partial charge in [0.1, 0.15) is 0 Å². The zero-order valence-electron chi connectivity index (χ0n) is 20.0. The Morgan fingerprint density at radius 2 is 1.36 bits per heavy atom. The number of hydrogen-bond acceptors (Lipinski definition) is 4. The van der Waals surface area contributed by atoms with Crippen molar-refractivity contribution >= 4 is 40.5 Å². The van der Waals surface area contributed by atoms with Crippen LogP contribution in [-0.2, 0) is 11.2 Å². The minimum atomic E-state index is -1.14. The number of anilines is 2. The molecule has 0 fully saturated rings. The largest absolute Gasteiger partial charge is 1.00 e. The Labute approximate surface area is 231 Å². The number of halogens is 2. The molecule has 7 heteroatoms. The van der Waals surface area contributed by atoms with Gasteiger partial charge in [-0.25, -0.2) is 0 Å². The van der Waals surface area contributed by atoms with E-state index in [9.17, 15) is 9.90 Å². The van der Waals surface area contributed by atoms with E-state index in [1.165, 1.54) is 57.8 Å². The van der Waals surface area contributed by atoms with Gasteiger partial charge >= 0.3 is 29.6 Å². The number of carbonyl (C=O) groups is 1. The van der Waals surface area contributed by atoms with Crippen molar-refractivity contribution < 1.29 is 44.6 Å². The van der Waals surface area contributed by atoms with E-state index in [1.54, 1.807) is 42.5 Å². The van der Waals surface area contributed by atoms with Crippen LogP contribution >= 0.6 is 23.2 Å². The SMILES string of the molecule is CCCCCCCCCCCCO.O=C([O-])Cc1ccccc1Nc1c(Cl)cccc1Cl.[Na+]. The fourth-order valence-electron chi connectivity index (χ4n) is 3.30. The molecule has 0 heterocycles. The predicted octanol–water partition coefficient (Wildman–Crippen LogP) is 3.93. The number of para-hydroxylation sites is 2. The van der Waals surface area contributed by atoms with Crippen LogP contribution < -0.4 is 40.0 Å². The van der Waals surface area contributed by atoms with Crippen LogP contribution in [0.2, 0.25) is 10.0 Å². The number of benzene rings is 2. The summed E-state index contributed by atoms with van der Waals surface area (Å²) < 4.78 is 0. The Balaban J connectivity index is 0.000000649.